The van der Waals surface area contributed by atoms with Gasteiger partial charge in [0, 0.05) is 11.1 Å². The van der Waals surface area contributed by atoms with E-state index in [1.807, 2.05) is 29.6 Å². The Morgan fingerprint density at radius 2 is 1.94 bits per heavy atom. The molecule has 0 fully saturated rings. The van der Waals surface area contributed by atoms with Crippen LogP contribution in [-0.2, 0) is 16.6 Å². The van der Waals surface area contributed by atoms with Gasteiger partial charge in [-0.25, -0.2) is 0 Å². The van der Waals surface area contributed by atoms with E-state index in [0.29, 0.717) is 21.1 Å². The van der Waals surface area contributed by atoms with Crippen LogP contribution in [0.25, 0.3) is 0 Å². The maximum absolute atomic E-state index is 12.2. The number of rotatable bonds is 0. The van der Waals surface area contributed by atoms with E-state index >= 15 is 0 Å². The van der Waals surface area contributed by atoms with Crippen LogP contribution >= 0.6 is 11.3 Å². The highest BCUT2D eigenvalue weighted by atomic mass is 32.2. The van der Waals surface area contributed by atoms with Gasteiger partial charge in [0.05, 0.1) is 16.6 Å². The van der Waals surface area contributed by atoms with Gasteiger partial charge in [-0.05, 0) is 17.0 Å². The van der Waals surface area contributed by atoms with Gasteiger partial charge in [0.25, 0.3) is 0 Å². The van der Waals surface area contributed by atoms with Gasteiger partial charge in [-0.3, -0.25) is 9.00 Å². The summed E-state index contributed by atoms with van der Waals surface area (Å²) < 4.78 is 12.8. The molecule has 3 rings (SSSR count). The quantitative estimate of drug-likeness (QED) is 0.718. The van der Waals surface area contributed by atoms with Crippen molar-refractivity contribution in [2.75, 3.05) is 0 Å². The fourth-order valence-electron chi connectivity index (χ4n) is 1.86. The van der Waals surface area contributed by atoms with Crippen LogP contribution in [0.1, 0.15) is 21.5 Å². The summed E-state index contributed by atoms with van der Waals surface area (Å²) in [5, 5.41) is 1.83. The minimum atomic E-state index is -1.09. The molecule has 2 nitrogen and oxygen atoms in total. The fraction of sp³-hybridized carbons (Fsp3) is 0.0833. The average molecular weight is 248 g/mol. The van der Waals surface area contributed by atoms with Gasteiger partial charge in [-0.1, -0.05) is 24.3 Å². The van der Waals surface area contributed by atoms with Crippen LogP contribution in [-0.4, -0.2) is 9.99 Å². The zero-order chi connectivity index (χ0) is 11.1. The van der Waals surface area contributed by atoms with Crippen molar-refractivity contribution in [1.29, 1.82) is 0 Å². The maximum Gasteiger partial charge on any atom is 0.195 e. The van der Waals surface area contributed by atoms with Gasteiger partial charge in [0.2, 0.25) is 0 Å². The van der Waals surface area contributed by atoms with Crippen LogP contribution in [0.5, 0.6) is 0 Å². The largest absolute Gasteiger partial charge is 0.289 e. The Balaban J connectivity index is 2.29. The van der Waals surface area contributed by atoms with Gasteiger partial charge in [-0.2, -0.15) is 0 Å². The first-order chi connectivity index (χ1) is 7.77. The van der Waals surface area contributed by atoms with E-state index in [1.165, 1.54) is 11.3 Å². The smallest absolute Gasteiger partial charge is 0.195 e. The summed E-state index contributed by atoms with van der Waals surface area (Å²) in [4.78, 5) is 12.2. The molecule has 0 saturated carbocycles. The van der Waals surface area contributed by atoms with E-state index < -0.39 is 10.8 Å². The summed E-state index contributed by atoms with van der Waals surface area (Å²) in [6.07, 6.45) is 0. The van der Waals surface area contributed by atoms with Crippen LogP contribution in [0.3, 0.4) is 0 Å². The summed E-state index contributed by atoms with van der Waals surface area (Å²) in [7, 11) is -1.09. The van der Waals surface area contributed by atoms with Crippen LogP contribution in [0.2, 0.25) is 0 Å². The predicted octanol–water partition coefficient (Wildman–Crippen LogP) is 2.60. The second kappa shape index (κ2) is 3.64. The van der Waals surface area contributed by atoms with Crippen molar-refractivity contribution in [3.05, 3.63) is 52.4 Å². The first kappa shape index (κ1) is 9.93. The first-order valence-corrected chi connectivity index (χ1v) is 7.05. The van der Waals surface area contributed by atoms with Crippen molar-refractivity contribution in [3.8, 4) is 0 Å². The highest BCUT2D eigenvalue weighted by molar-refractivity contribution is 7.86. The Morgan fingerprint density at radius 1 is 1.12 bits per heavy atom. The predicted molar refractivity (Wildman–Crippen MR) is 64.3 cm³/mol. The van der Waals surface area contributed by atoms with E-state index in [-0.39, 0.29) is 5.78 Å². The van der Waals surface area contributed by atoms with Gasteiger partial charge in [0.1, 0.15) is 4.21 Å². The number of hydrogen-bond donors (Lipinski definition) is 0. The maximum atomic E-state index is 12.2. The zero-order valence-electron chi connectivity index (χ0n) is 8.30. The molecule has 0 aliphatic carbocycles. The van der Waals surface area contributed by atoms with E-state index in [0.717, 1.165) is 5.56 Å². The zero-order valence-corrected chi connectivity index (χ0v) is 9.94. The van der Waals surface area contributed by atoms with Crippen molar-refractivity contribution in [3.63, 3.8) is 0 Å². The Bertz CT molecular complexity index is 599. The third-order valence-electron chi connectivity index (χ3n) is 2.63. The standard InChI is InChI=1S/C12H8O2S2/c13-11-9-4-2-1-3-8(9)7-16(14)12-10(11)5-6-15-12/h1-6H,7H2. The lowest BCUT2D eigenvalue weighted by Gasteiger charge is -2.01. The number of benzene rings is 1. The summed E-state index contributed by atoms with van der Waals surface area (Å²) in [6.45, 7) is 0. The summed E-state index contributed by atoms with van der Waals surface area (Å²) in [5.74, 6) is 0.438. The molecule has 1 aromatic heterocycles. The second-order valence-electron chi connectivity index (χ2n) is 3.60. The minimum Gasteiger partial charge on any atom is -0.289 e. The number of carbonyl (C=O) groups excluding carboxylic acids is 1. The molecule has 1 aliphatic rings. The average Bonchev–Trinajstić information content (AvgIpc) is 2.74. The molecule has 0 bridgehead atoms. The van der Waals surface area contributed by atoms with Gasteiger partial charge >= 0.3 is 0 Å². The van der Waals surface area contributed by atoms with Gasteiger partial charge in [-0.15, -0.1) is 11.3 Å². The molecule has 2 aromatic rings. The molecular weight excluding hydrogens is 240 g/mol. The molecule has 16 heavy (non-hydrogen) atoms. The van der Waals surface area contributed by atoms with Crippen molar-refractivity contribution in [2.24, 2.45) is 0 Å². The van der Waals surface area contributed by atoms with E-state index in [1.54, 1.807) is 6.07 Å². The van der Waals surface area contributed by atoms with Crippen molar-refractivity contribution >= 4 is 27.9 Å². The fourth-order valence-corrected chi connectivity index (χ4v) is 4.32. The lowest BCUT2D eigenvalue weighted by Crippen LogP contribution is -2.01. The van der Waals surface area contributed by atoms with Crippen molar-refractivity contribution in [2.45, 2.75) is 9.96 Å². The molecule has 1 unspecified atom stereocenters. The van der Waals surface area contributed by atoms with Gasteiger partial charge in [0.15, 0.2) is 5.78 Å². The lowest BCUT2D eigenvalue weighted by molar-refractivity contribution is 0.103. The Morgan fingerprint density at radius 3 is 2.81 bits per heavy atom. The lowest BCUT2D eigenvalue weighted by atomic mass is 10.0. The minimum absolute atomic E-state index is 0.00213. The molecule has 80 valence electrons. The number of carbonyl (C=O) groups is 1. The monoisotopic (exact) mass is 248 g/mol. The molecule has 2 heterocycles. The van der Waals surface area contributed by atoms with Crippen molar-refractivity contribution < 1.29 is 9.00 Å². The Labute approximate surface area is 99.4 Å². The summed E-state index contributed by atoms with van der Waals surface area (Å²) >= 11 is 1.40. The molecule has 1 atom stereocenters. The third-order valence-corrected chi connectivity index (χ3v) is 5.39. The van der Waals surface area contributed by atoms with E-state index in [9.17, 15) is 9.00 Å². The number of hydrogen-bond acceptors (Lipinski definition) is 3. The van der Waals surface area contributed by atoms with Crippen LogP contribution < -0.4 is 0 Å². The Kier molecular flexibility index (Phi) is 2.26. The molecule has 0 N–H and O–H groups in total. The van der Waals surface area contributed by atoms with Crippen molar-refractivity contribution in [1.82, 2.24) is 0 Å². The molecular formula is C12H8O2S2. The highest BCUT2D eigenvalue weighted by Crippen LogP contribution is 2.30. The number of ketones is 1. The highest BCUT2D eigenvalue weighted by Gasteiger charge is 2.25. The summed E-state index contributed by atoms with van der Waals surface area (Å²) in [6, 6.07) is 9.17. The number of thiophene rings is 1. The van der Waals surface area contributed by atoms with Gasteiger partial charge < -0.3 is 0 Å². The van der Waals surface area contributed by atoms with E-state index in [4.69, 9.17) is 0 Å². The van der Waals surface area contributed by atoms with Crippen LogP contribution in [0, 0.1) is 0 Å². The summed E-state index contributed by atoms with van der Waals surface area (Å²) in [5.41, 5.74) is 2.18. The molecule has 0 amide bonds. The molecule has 1 aromatic carbocycles. The molecule has 0 radical (unpaired) electrons. The number of fused-ring (bicyclic) bond motifs is 2. The normalized spacial score (nSPS) is 18.8. The molecule has 4 heteroatoms. The van der Waals surface area contributed by atoms with E-state index in [2.05, 4.69) is 0 Å². The van der Waals surface area contributed by atoms with Crippen LogP contribution in [0.4, 0.5) is 0 Å². The first-order valence-electron chi connectivity index (χ1n) is 4.86. The Hall–Kier alpha value is -1.26. The van der Waals surface area contributed by atoms with Crippen LogP contribution in [0.15, 0.2) is 39.9 Å². The SMILES string of the molecule is O=C1c2ccccc2CS(=O)c2sccc21. The topological polar surface area (TPSA) is 34.1 Å². The second-order valence-corrected chi connectivity index (χ2v) is 6.16. The molecule has 0 saturated heterocycles. The molecule has 1 aliphatic heterocycles. The third kappa shape index (κ3) is 1.37. The molecule has 0 spiro atoms.